The fraction of sp³-hybridized carbons (Fsp3) is 0.818. The number of aliphatic hydroxyl groups is 1. The minimum atomic E-state index is -0.496. The molecule has 0 spiro atoms. The minimum Gasteiger partial charge on any atom is -0.473 e. The second-order valence-electron chi connectivity index (χ2n) is 4.42. The predicted octanol–water partition coefficient (Wildman–Crippen LogP) is 1.01. The van der Waals surface area contributed by atoms with Crippen molar-refractivity contribution in [3.8, 4) is 5.88 Å². The molecule has 0 saturated carbocycles. The van der Waals surface area contributed by atoms with Gasteiger partial charge in [0, 0.05) is 6.54 Å². The molecule has 1 fully saturated rings. The number of hydrogen-bond donors (Lipinski definition) is 2. The smallest absolute Gasteiger partial charge is 0.245 e. The Morgan fingerprint density at radius 2 is 2.33 bits per heavy atom. The fourth-order valence-corrected chi connectivity index (χ4v) is 3.43. The van der Waals surface area contributed by atoms with Crippen LogP contribution in [0.1, 0.15) is 12.8 Å². The molecule has 1 atom stereocenters. The van der Waals surface area contributed by atoms with Gasteiger partial charge in [-0.3, -0.25) is 0 Å². The molecule has 1 saturated heterocycles. The summed E-state index contributed by atoms with van der Waals surface area (Å²) in [6.07, 6.45) is 3.64. The Kier molecular flexibility index (Phi) is 6.19. The minimum absolute atomic E-state index is 0.263. The van der Waals surface area contributed by atoms with Gasteiger partial charge < -0.3 is 15.2 Å². The van der Waals surface area contributed by atoms with Crippen LogP contribution in [0.4, 0.5) is 0 Å². The van der Waals surface area contributed by atoms with Crippen LogP contribution in [-0.4, -0.2) is 51.2 Å². The molecule has 0 aliphatic carbocycles. The van der Waals surface area contributed by atoms with E-state index in [4.69, 9.17) is 4.74 Å². The van der Waals surface area contributed by atoms with E-state index in [0.717, 1.165) is 24.2 Å². The van der Waals surface area contributed by atoms with Crippen LogP contribution in [0.5, 0.6) is 5.88 Å². The van der Waals surface area contributed by atoms with Crippen LogP contribution in [0.3, 0.4) is 0 Å². The fourth-order valence-electron chi connectivity index (χ4n) is 1.86. The summed E-state index contributed by atoms with van der Waals surface area (Å²) in [7, 11) is 0. The van der Waals surface area contributed by atoms with Gasteiger partial charge in [0.1, 0.15) is 18.9 Å². The van der Waals surface area contributed by atoms with E-state index in [1.807, 2.05) is 11.8 Å². The van der Waals surface area contributed by atoms with E-state index in [1.165, 1.54) is 24.3 Å². The molecule has 1 aromatic heterocycles. The van der Waals surface area contributed by atoms with Crippen molar-refractivity contribution < 1.29 is 9.84 Å². The van der Waals surface area contributed by atoms with Crippen molar-refractivity contribution in [1.82, 2.24) is 14.1 Å². The first-order chi connectivity index (χ1) is 8.84. The molecule has 0 aromatic carbocycles. The quantitative estimate of drug-likeness (QED) is 0.781. The number of ether oxygens (including phenoxy) is 1. The van der Waals surface area contributed by atoms with Gasteiger partial charge >= 0.3 is 0 Å². The lowest BCUT2D eigenvalue weighted by Gasteiger charge is -2.22. The molecule has 1 unspecified atom stereocenters. The summed E-state index contributed by atoms with van der Waals surface area (Å²) < 4.78 is 13.0. The van der Waals surface area contributed by atoms with Crippen LogP contribution >= 0.6 is 23.5 Å². The molecule has 2 heterocycles. The van der Waals surface area contributed by atoms with Gasteiger partial charge in [-0.15, -0.1) is 4.37 Å². The molecule has 2 rings (SSSR count). The Bertz CT molecular complexity index is 318. The van der Waals surface area contributed by atoms with E-state index in [1.54, 1.807) is 6.20 Å². The van der Waals surface area contributed by atoms with Crippen LogP contribution in [0.2, 0.25) is 0 Å². The predicted molar refractivity (Wildman–Crippen MR) is 74.3 cm³/mol. The number of nitrogens with zero attached hydrogens (tertiary/aromatic N) is 2. The van der Waals surface area contributed by atoms with Crippen LogP contribution in [-0.2, 0) is 0 Å². The molecule has 18 heavy (non-hydrogen) atoms. The standard InChI is InChI=1S/C11H19N3O2S2/c15-10(8-16-11-7-13-18-14-11)6-12-5-9-1-3-17-4-2-9/h7,9-10,12,15H,1-6,8H2. The summed E-state index contributed by atoms with van der Waals surface area (Å²) >= 11 is 3.14. The Hall–Kier alpha value is -0.370. The van der Waals surface area contributed by atoms with Crippen LogP contribution in [0.15, 0.2) is 6.20 Å². The molecule has 0 bridgehead atoms. The van der Waals surface area contributed by atoms with Gasteiger partial charge in [-0.2, -0.15) is 16.1 Å². The Labute approximate surface area is 116 Å². The maximum Gasteiger partial charge on any atom is 0.245 e. The highest BCUT2D eigenvalue weighted by atomic mass is 32.2. The van der Waals surface area contributed by atoms with E-state index >= 15 is 0 Å². The van der Waals surface area contributed by atoms with Gasteiger partial charge in [0.25, 0.3) is 0 Å². The zero-order valence-electron chi connectivity index (χ0n) is 10.2. The zero-order chi connectivity index (χ0) is 12.6. The third-order valence-corrected chi connectivity index (χ3v) is 4.43. The number of aromatic nitrogens is 2. The van der Waals surface area contributed by atoms with Crippen molar-refractivity contribution in [3.63, 3.8) is 0 Å². The highest BCUT2D eigenvalue weighted by molar-refractivity contribution is 7.99. The molecular weight excluding hydrogens is 270 g/mol. The van der Waals surface area contributed by atoms with Gasteiger partial charge in [0.15, 0.2) is 0 Å². The topological polar surface area (TPSA) is 67.3 Å². The third-order valence-electron chi connectivity index (χ3n) is 2.92. The number of hydrogen-bond acceptors (Lipinski definition) is 7. The van der Waals surface area contributed by atoms with E-state index in [0.29, 0.717) is 12.4 Å². The highest BCUT2D eigenvalue weighted by Crippen LogP contribution is 2.21. The normalized spacial score (nSPS) is 18.7. The third kappa shape index (κ3) is 5.09. The molecule has 7 heteroatoms. The number of thioether (sulfide) groups is 1. The average molecular weight is 289 g/mol. The second kappa shape index (κ2) is 7.93. The first kappa shape index (κ1) is 14.0. The largest absolute Gasteiger partial charge is 0.473 e. The van der Waals surface area contributed by atoms with Crippen molar-refractivity contribution in [3.05, 3.63) is 6.20 Å². The average Bonchev–Trinajstić information content (AvgIpc) is 2.91. The van der Waals surface area contributed by atoms with E-state index in [-0.39, 0.29) is 6.61 Å². The highest BCUT2D eigenvalue weighted by Gasteiger charge is 2.14. The molecule has 1 aliphatic heterocycles. The van der Waals surface area contributed by atoms with Gasteiger partial charge in [0.2, 0.25) is 5.88 Å². The van der Waals surface area contributed by atoms with Crippen LogP contribution in [0, 0.1) is 5.92 Å². The summed E-state index contributed by atoms with van der Waals surface area (Å²) in [5, 5.41) is 13.1. The first-order valence-corrected chi connectivity index (χ1v) is 8.10. The van der Waals surface area contributed by atoms with Crippen molar-refractivity contribution >= 4 is 23.5 Å². The van der Waals surface area contributed by atoms with Crippen molar-refractivity contribution in [2.75, 3.05) is 31.2 Å². The molecule has 1 aromatic rings. The summed E-state index contributed by atoms with van der Waals surface area (Å²) in [6, 6.07) is 0. The second-order valence-corrected chi connectivity index (χ2v) is 6.21. The molecule has 102 valence electrons. The monoisotopic (exact) mass is 289 g/mol. The maximum absolute atomic E-state index is 9.74. The van der Waals surface area contributed by atoms with Crippen LogP contribution < -0.4 is 10.1 Å². The van der Waals surface area contributed by atoms with Gasteiger partial charge in [0.05, 0.1) is 11.7 Å². The van der Waals surface area contributed by atoms with Gasteiger partial charge in [-0.05, 0) is 36.8 Å². The Balaban J connectivity index is 1.52. The number of rotatable bonds is 7. The SMILES string of the molecule is OC(CNCC1CCSCC1)COc1cnsn1. The lowest BCUT2D eigenvalue weighted by atomic mass is 10.0. The summed E-state index contributed by atoms with van der Waals surface area (Å²) in [4.78, 5) is 0. The van der Waals surface area contributed by atoms with Crippen molar-refractivity contribution in [1.29, 1.82) is 0 Å². The van der Waals surface area contributed by atoms with Gasteiger partial charge in [-0.25, -0.2) is 0 Å². The lowest BCUT2D eigenvalue weighted by molar-refractivity contribution is 0.103. The maximum atomic E-state index is 9.74. The molecule has 0 amide bonds. The van der Waals surface area contributed by atoms with E-state index in [9.17, 15) is 5.11 Å². The molecule has 5 nitrogen and oxygen atoms in total. The summed E-state index contributed by atoms with van der Waals surface area (Å²) in [6.45, 7) is 1.83. The first-order valence-electron chi connectivity index (χ1n) is 6.21. The van der Waals surface area contributed by atoms with E-state index in [2.05, 4.69) is 14.1 Å². The summed E-state index contributed by atoms with van der Waals surface area (Å²) in [5.74, 6) is 3.80. The van der Waals surface area contributed by atoms with Crippen molar-refractivity contribution in [2.45, 2.75) is 18.9 Å². The van der Waals surface area contributed by atoms with Gasteiger partial charge in [-0.1, -0.05) is 0 Å². The van der Waals surface area contributed by atoms with Crippen LogP contribution in [0.25, 0.3) is 0 Å². The van der Waals surface area contributed by atoms with E-state index < -0.39 is 6.10 Å². The molecule has 0 radical (unpaired) electrons. The molecular formula is C11H19N3O2S2. The Morgan fingerprint density at radius 3 is 3.06 bits per heavy atom. The van der Waals surface area contributed by atoms with Crippen molar-refractivity contribution in [2.24, 2.45) is 5.92 Å². The lowest BCUT2D eigenvalue weighted by Crippen LogP contribution is -2.35. The molecule has 1 aliphatic rings. The molecule has 2 N–H and O–H groups in total. The number of nitrogens with one attached hydrogen (secondary N) is 1. The Morgan fingerprint density at radius 1 is 1.50 bits per heavy atom. The summed E-state index contributed by atoms with van der Waals surface area (Å²) in [5.41, 5.74) is 0. The zero-order valence-corrected chi connectivity index (χ0v) is 11.9. The number of aliphatic hydroxyl groups excluding tert-OH is 1.